The predicted octanol–water partition coefficient (Wildman–Crippen LogP) is 1.28. The van der Waals surface area contributed by atoms with Gasteiger partial charge in [0, 0.05) is 13.0 Å². The van der Waals surface area contributed by atoms with Gasteiger partial charge in [-0.2, -0.15) is 0 Å². The van der Waals surface area contributed by atoms with Gasteiger partial charge >= 0.3 is 0 Å². The average Bonchev–Trinajstić information content (AvgIpc) is 2.13. The second-order valence-electron chi connectivity index (χ2n) is 3.25. The maximum Gasteiger partial charge on any atom is 0.225 e. The molecule has 0 aliphatic carbocycles. The van der Waals surface area contributed by atoms with E-state index in [1.807, 2.05) is 0 Å². The molecule has 0 spiro atoms. The highest BCUT2D eigenvalue weighted by molar-refractivity contribution is 7.14. The van der Waals surface area contributed by atoms with Crippen molar-refractivity contribution in [1.29, 1.82) is 0 Å². The Morgan fingerprint density at radius 1 is 1.70 bits per heavy atom. The van der Waals surface area contributed by atoms with E-state index in [9.17, 15) is 4.79 Å². The molecule has 10 heavy (non-hydrogen) atoms. The lowest BCUT2D eigenvalue weighted by molar-refractivity contribution is -0.123. The number of rotatable bonds is 1. The first-order valence-corrected chi connectivity index (χ1v) is 4.18. The third kappa shape index (κ3) is 1.49. The van der Waals surface area contributed by atoms with Crippen LogP contribution in [0.4, 0.5) is 0 Å². The van der Waals surface area contributed by atoms with Gasteiger partial charge in [0.2, 0.25) is 5.91 Å². The van der Waals surface area contributed by atoms with Crippen LogP contribution in [-0.2, 0) is 4.79 Å². The van der Waals surface area contributed by atoms with Crippen molar-refractivity contribution in [3.05, 3.63) is 0 Å². The van der Waals surface area contributed by atoms with Gasteiger partial charge in [0.05, 0.1) is 0 Å². The highest BCUT2D eigenvalue weighted by Gasteiger charge is 2.28. The van der Waals surface area contributed by atoms with Gasteiger partial charge in [0.1, 0.15) is 0 Å². The zero-order valence-corrected chi connectivity index (χ0v) is 7.66. The van der Waals surface area contributed by atoms with Crippen molar-refractivity contribution >= 4 is 15.3 Å². The Bertz CT molecular complexity index is 147. The zero-order valence-electron chi connectivity index (χ0n) is 6.50. The van der Waals surface area contributed by atoms with Crippen LogP contribution in [0.2, 0.25) is 0 Å². The minimum atomic E-state index is 0.267. The van der Waals surface area contributed by atoms with Gasteiger partial charge in [-0.25, -0.2) is 0 Å². The van der Waals surface area contributed by atoms with Gasteiger partial charge < -0.3 is 4.67 Å². The summed E-state index contributed by atoms with van der Waals surface area (Å²) in [7, 11) is 2.46. The van der Waals surface area contributed by atoms with Crippen molar-refractivity contribution in [3.8, 4) is 0 Å². The summed E-state index contributed by atoms with van der Waals surface area (Å²) in [4.78, 5) is 11.0. The third-order valence-electron chi connectivity index (χ3n) is 2.13. The Hall–Kier alpha value is -0.100. The van der Waals surface area contributed by atoms with Crippen molar-refractivity contribution < 1.29 is 4.79 Å². The lowest BCUT2D eigenvalue weighted by Crippen LogP contribution is -2.13. The van der Waals surface area contributed by atoms with Crippen LogP contribution in [0.15, 0.2) is 0 Å². The molecule has 0 aromatic heterocycles. The van der Waals surface area contributed by atoms with E-state index in [0.29, 0.717) is 11.8 Å². The van der Waals surface area contributed by atoms with Crippen LogP contribution >= 0.6 is 9.39 Å². The zero-order chi connectivity index (χ0) is 7.72. The lowest BCUT2D eigenvalue weighted by Gasteiger charge is -2.12. The van der Waals surface area contributed by atoms with Gasteiger partial charge in [-0.1, -0.05) is 13.8 Å². The molecule has 2 unspecified atom stereocenters. The fraction of sp³-hybridized carbons (Fsp3) is 0.857. The van der Waals surface area contributed by atoms with E-state index >= 15 is 0 Å². The van der Waals surface area contributed by atoms with Crippen LogP contribution in [0.5, 0.6) is 0 Å². The molecule has 0 bridgehead atoms. The minimum absolute atomic E-state index is 0.267. The van der Waals surface area contributed by atoms with Gasteiger partial charge in [-0.05, 0) is 21.2 Å². The molecule has 2 atom stereocenters. The summed E-state index contributed by atoms with van der Waals surface area (Å²) in [6, 6.07) is 0. The molecule has 0 aromatic carbocycles. The van der Waals surface area contributed by atoms with Crippen molar-refractivity contribution in [1.82, 2.24) is 4.67 Å². The minimum Gasteiger partial charge on any atom is -0.327 e. The first kappa shape index (κ1) is 8.00. The molecule has 3 heteroatoms. The quantitative estimate of drug-likeness (QED) is 0.528. The summed E-state index contributed by atoms with van der Waals surface area (Å²) < 4.78 is 1.74. The lowest BCUT2D eigenvalue weighted by atomic mass is 9.95. The monoisotopic (exact) mass is 159 g/mol. The molecule has 1 heterocycles. The van der Waals surface area contributed by atoms with Crippen LogP contribution in [-0.4, -0.2) is 17.1 Å². The molecule has 1 rings (SSSR count). The fourth-order valence-electron chi connectivity index (χ4n) is 1.21. The Balaban J connectivity index is 2.49. The van der Waals surface area contributed by atoms with Crippen LogP contribution in [0.1, 0.15) is 20.3 Å². The molecule has 1 amide bonds. The average molecular weight is 159 g/mol. The molecule has 1 fully saturated rings. The summed E-state index contributed by atoms with van der Waals surface area (Å²) in [5.41, 5.74) is 0. The Morgan fingerprint density at radius 3 is 2.50 bits per heavy atom. The van der Waals surface area contributed by atoms with Crippen molar-refractivity contribution in [2.45, 2.75) is 20.3 Å². The Morgan fingerprint density at radius 2 is 2.30 bits per heavy atom. The summed E-state index contributed by atoms with van der Waals surface area (Å²) in [6.07, 6.45) is 0.737. The summed E-state index contributed by atoms with van der Waals surface area (Å²) in [5.74, 6) is 1.48. The molecule has 0 aromatic rings. The van der Waals surface area contributed by atoms with Crippen molar-refractivity contribution in [2.24, 2.45) is 11.8 Å². The summed E-state index contributed by atoms with van der Waals surface area (Å²) >= 11 is 0. The van der Waals surface area contributed by atoms with Gasteiger partial charge in [0.25, 0.3) is 0 Å². The molecule has 0 radical (unpaired) electrons. The SMILES string of the molecule is CC(C)C1CC(=O)N(P)C1. The van der Waals surface area contributed by atoms with Crippen LogP contribution < -0.4 is 0 Å². The van der Waals surface area contributed by atoms with Gasteiger partial charge in [-0.15, -0.1) is 0 Å². The number of carbonyl (C=O) groups excluding carboxylic acids is 1. The maximum absolute atomic E-state index is 11.0. The van der Waals surface area contributed by atoms with E-state index < -0.39 is 0 Å². The second kappa shape index (κ2) is 2.87. The van der Waals surface area contributed by atoms with Gasteiger partial charge in [0.15, 0.2) is 0 Å². The molecule has 58 valence electrons. The van der Waals surface area contributed by atoms with Crippen LogP contribution in [0.3, 0.4) is 0 Å². The molecule has 0 saturated carbocycles. The van der Waals surface area contributed by atoms with E-state index in [-0.39, 0.29) is 5.91 Å². The standard InChI is InChI=1S/C7H14NOP/c1-5(2)6-3-7(9)8(10)4-6/h5-6H,3-4,10H2,1-2H3. The fourth-order valence-corrected chi connectivity index (χ4v) is 1.58. The third-order valence-corrected chi connectivity index (χ3v) is 2.63. The highest BCUT2D eigenvalue weighted by atomic mass is 31.0. The van der Waals surface area contributed by atoms with E-state index in [1.54, 1.807) is 4.67 Å². The first-order valence-electron chi connectivity index (χ1n) is 3.66. The first-order chi connectivity index (χ1) is 4.61. The summed E-state index contributed by atoms with van der Waals surface area (Å²) in [6.45, 7) is 5.25. The second-order valence-corrected chi connectivity index (χ2v) is 3.88. The number of nitrogens with zero attached hydrogens (tertiary/aromatic N) is 1. The Kier molecular flexibility index (Phi) is 2.30. The van der Waals surface area contributed by atoms with Gasteiger partial charge in [-0.3, -0.25) is 4.79 Å². The Labute approximate surface area is 64.2 Å². The van der Waals surface area contributed by atoms with E-state index in [2.05, 4.69) is 23.2 Å². The smallest absolute Gasteiger partial charge is 0.225 e. The molecule has 2 nitrogen and oxygen atoms in total. The van der Waals surface area contributed by atoms with E-state index in [4.69, 9.17) is 0 Å². The van der Waals surface area contributed by atoms with Crippen LogP contribution in [0, 0.1) is 11.8 Å². The topological polar surface area (TPSA) is 20.3 Å². The van der Waals surface area contributed by atoms with E-state index in [1.165, 1.54) is 0 Å². The molecule has 1 saturated heterocycles. The molecule has 1 aliphatic rings. The normalized spacial score (nSPS) is 26.6. The predicted molar refractivity (Wildman–Crippen MR) is 44.4 cm³/mol. The molecular weight excluding hydrogens is 145 g/mol. The van der Waals surface area contributed by atoms with Crippen LogP contribution in [0.25, 0.3) is 0 Å². The molecular formula is C7H14NOP. The van der Waals surface area contributed by atoms with Crippen molar-refractivity contribution in [3.63, 3.8) is 0 Å². The molecule has 0 N–H and O–H groups in total. The number of carbonyl (C=O) groups is 1. The van der Waals surface area contributed by atoms with Crippen molar-refractivity contribution in [2.75, 3.05) is 6.54 Å². The number of amides is 1. The summed E-state index contributed by atoms with van der Waals surface area (Å²) in [5, 5.41) is 0. The number of hydrogen-bond acceptors (Lipinski definition) is 1. The molecule has 1 aliphatic heterocycles. The number of hydrogen-bond donors (Lipinski definition) is 0. The maximum atomic E-state index is 11.0. The van der Waals surface area contributed by atoms with E-state index in [0.717, 1.165) is 13.0 Å². The highest BCUT2D eigenvalue weighted by Crippen LogP contribution is 2.26. The largest absolute Gasteiger partial charge is 0.327 e.